The van der Waals surface area contributed by atoms with E-state index in [1.807, 2.05) is 54.7 Å². The Bertz CT molecular complexity index is 1180. The number of para-hydroxylation sites is 1. The number of fused-ring (bicyclic) bond motifs is 2. The lowest BCUT2D eigenvalue weighted by Crippen LogP contribution is -2.48. The van der Waals surface area contributed by atoms with Gasteiger partial charge in [-0.25, -0.2) is 4.79 Å². The zero-order valence-corrected chi connectivity index (χ0v) is 15.9. The van der Waals surface area contributed by atoms with E-state index in [4.69, 9.17) is 0 Å². The molecule has 0 saturated carbocycles. The highest BCUT2D eigenvalue weighted by Crippen LogP contribution is 2.22. The average molecular weight is 387 g/mol. The summed E-state index contributed by atoms with van der Waals surface area (Å²) in [6, 6.07) is 14.1. The number of anilines is 1. The van der Waals surface area contributed by atoms with Gasteiger partial charge in [-0.1, -0.05) is 30.3 Å². The first-order chi connectivity index (χ1) is 14.2. The van der Waals surface area contributed by atoms with Crippen molar-refractivity contribution in [2.24, 2.45) is 0 Å². The summed E-state index contributed by atoms with van der Waals surface area (Å²) < 4.78 is 0. The minimum atomic E-state index is -0.712. The maximum atomic E-state index is 12.7. The van der Waals surface area contributed by atoms with Crippen molar-refractivity contribution in [1.29, 1.82) is 0 Å². The molecule has 0 spiro atoms. The number of benzene rings is 2. The molecule has 0 aliphatic rings. The number of pyridine rings is 1. The van der Waals surface area contributed by atoms with Gasteiger partial charge >= 0.3 is 6.03 Å². The highest BCUT2D eigenvalue weighted by atomic mass is 16.2. The van der Waals surface area contributed by atoms with Crippen LogP contribution in [0.25, 0.3) is 21.7 Å². The largest absolute Gasteiger partial charge is 0.361 e. The lowest BCUT2D eigenvalue weighted by atomic mass is 10.0. The Kier molecular flexibility index (Phi) is 5.11. The smallest absolute Gasteiger partial charge is 0.319 e. The highest BCUT2D eigenvalue weighted by Gasteiger charge is 2.22. The molecule has 0 bridgehead atoms. The van der Waals surface area contributed by atoms with E-state index in [0.29, 0.717) is 12.1 Å². The maximum absolute atomic E-state index is 12.7. The van der Waals surface area contributed by atoms with Gasteiger partial charge in [-0.05, 0) is 23.8 Å². The third-order valence-corrected chi connectivity index (χ3v) is 4.90. The lowest BCUT2D eigenvalue weighted by molar-refractivity contribution is -0.122. The zero-order chi connectivity index (χ0) is 20.2. The third-order valence-electron chi connectivity index (χ3n) is 4.90. The molecular formula is C22H21N5O2. The van der Waals surface area contributed by atoms with Crippen LogP contribution in [-0.4, -0.2) is 35.0 Å². The molecular weight excluding hydrogens is 366 g/mol. The summed E-state index contributed by atoms with van der Waals surface area (Å²) in [6.07, 6.45) is 5.66. The normalized spacial score (nSPS) is 11.9. The standard InChI is InChI=1S/C22H21N5O2/c1-23-21(28)20(11-15-13-25-18-7-3-2-6-16(15)18)27-22(29)26-19-8-4-5-14-12-24-10-9-17(14)19/h2-10,12-13,20,25H,11H2,1H3,(H,23,28)(H2,26,27,29)/t20-/m0/s1. The molecule has 2 aromatic carbocycles. The summed E-state index contributed by atoms with van der Waals surface area (Å²) in [5.41, 5.74) is 2.61. The predicted molar refractivity (Wildman–Crippen MR) is 114 cm³/mol. The minimum absolute atomic E-state index is 0.257. The first kappa shape index (κ1) is 18.5. The molecule has 4 aromatic rings. The number of likely N-dealkylation sites (N-methyl/N-ethyl adjacent to an activating group) is 1. The van der Waals surface area contributed by atoms with Crippen LogP contribution in [0.2, 0.25) is 0 Å². The van der Waals surface area contributed by atoms with Crippen LogP contribution in [0.15, 0.2) is 67.1 Å². The minimum Gasteiger partial charge on any atom is -0.361 e. The van der Waals surface area contributed by atoms with E-state index in [1.54, 1.807) is 19.4 Å². The second kappa shape index (κ2) is 8.02. The number of amides is 3. The number of urea groups is 1. The number of nitrogens with one attached hydrogen (secondary N) is 4. The Morgan fingerprint density at radius 3 is 2.79 bits per heavy atom. The van der Waals surface area contributed by atoms with E-state index in [9.17, 15) is 9.59 Å². The molecule has 146 valence electrons. The Labute approximate surface area is 167 Å². The van der Waals surface area contributed by atoms with Gasteiger partial charge < -0.3 is 20.9 Å². The topological polar surface area (TPSA) is 98.9 Å². The molecule has 0 radical (unpaired) electrons. The predicted octanol–water partition coefficient (Wildman–Crippen LogP) is 3.19. The van der Waals surface area contributed by atoms with E-state index < -0.39 is 12.1 Å². The molecule has 4 N–H and O–H groups in total. The molecule has 0 fully saturated rings. The van der Waals surface area contributed by atoms with E-state index in [-0.39, 0.29) is 5.91 Å². The van der Waals surface area contributed by atoms with Crippen molar-refractivity contribution in [3.63, 3.8) is 0 Å². The molecule has 7 heteroatoms. The molecule has 4 rings (SSSR count). The van der Waals surface area contributed by atoms with Crippen molar-refractivity contribution in [3.05, 3.63) is 72.7 Å². The Morgan fingerprint density at radius 2 is 1.93 bits per heavy atom. The first-order valence-corrected chi connectivity index (χ1v) is 9.32. The number of H-pyrrole nitrogens is 1. The van der Waals surface area contributed by atoms with E-state index in [1.165, 1.54) is 0 Å². The fourth-order valence-corrected chi connectivity index (χ4v) is 3.45. The Hall–Kier alpha value is -3.87. The van der Waals surface area contributed by atoms with Gasteiger partial charge in [0.1, 0.15) is 6.04 Å². The number of hydrogen-bond acceptors (Lipinski definition) is 3. The molecule has 0 unspecified atom stereocenters. The van der Waals surface area contributed by atoms with Gasteiger partial charge in [-0.15, -0.1) is 0 Å². The number of rotatable bonds is 5. The number of hydrogen-bond donors (Lipinski definition) is 4. The summed E-state index contributed by atoms with van der Waals surface area (Å²) in [5.74, 6) is -0.257. The summed E-state index contributed by atoms with van der Waals surface area (Å²) in [6.45, 7) is 0. The second-order valence-corrected chi connectivity index (χ2v) is 6.73. The molecule has 1 atom stereocenters. The van der Waals surface area contributed by atoms with Crippen LogP contribution in [0.5, 0.6) is 0 Å². The molecule has 7 nitrogen and oxygen atoms in total. The van der Waals surface area contributed by atoms with E-state index in [0.717, 1.165) is 27.2 Å². The van der Waals surface area contributed by atoms with Crippen LogP contribution < -0.4 is 16.0 Å². The average Bonchev–Trinajstić information content (AvgIpc) is 3.16. The van der Waals surface area contributed by atoms with Gasteiger partial charge in [0.2, 0.25) is 5.91 Å². The Morgan fingerprint density at radius 1 is 1.07 bits per heavy atom. The number of nitrogens with zero attached hydrogens (tertiary/aromatic N) is 1. The van der Waals surface area contributed by atoms with Gasteiger partial charge in [-0.2, -0.15) is 0 Å². The number of aromatic nitrogens is 2. The third kappa shape index (κ3) is 3.89. The van der Waals surface area contributed by atoms with Crippen LogP contribution in [0.4, 0.5) is 10.5 Å². The molecule has 3 amide bonds. The fourth-order valence-electron chi connectivity index (χ4n) is 3.45. The summed E-state index contributed by atoms with van der Waals surface area (Å²) in [4.78, 5) is 32.4. The molecule has 0 aliphatic carbocycles. The van der Waals surface area contributed by atoms with Gasteiger partial charge in [0.25, 0.3) is 0 Å². The number of carbonyl (C=O) groups is 2. The maximum Gasteiger partial charge on any atom is 0.319 e. The zero-order valence-electron chi connectivity index (χ0n) is 15.9. The highest BCUT2D eigenvalue weighted by molar-refractivity contribution is 6.02. The summed E-state index contributed by atoms with van der Waals surface area (Å²) in [7, 11) is 1.56. The fraction of sp³-hybridized carbons (Fsp3) is 0.136. The van der Waals surface area contributed by atoms with Gasteiger partial charge in [0.15, 0.2) is 0 Å². The van der Waals surface area contributed by atoms with Crippen molar-refractivity contribution in [2.75, 3.05) is 12.4 Å². The van der Waals surface area contributed by atoms with Crippen LogP contribution in [-0.2, 0) is 11.2 Å². The molecule has 0 aliphatic heterocycles. The van der Waals surface area contributed by atoms with Crippen molar-refractivity contribution in [1.82, 2.24) is 20.6 Å². The van der Waals surface area contributed by atoms with Crippen LogP contribution in [0, 0.1) is 0 Å². The number of aromatic amines is 1. The number of carbonyl (C=O) groups excluding carboxylic acids is 2. The van der Waals surface area contributed by atoms with Gasteiger partial charge in [-0.3, -0.25) is 9.78 Å². The van der Waals surface area contributed by atoms with Crippen molar-refractivity contribution < 1.29 is 9.59 Å². The van der Waals surface area contributed by atoms with E-state index in [2.05, 4.69) is 25.9 Å². The van der Waals surface area contributed by atoms with Crippen LogP contribution >= 0.6 is 0 Å². The summed E-state index contributed by atoms with van der Waals surface area (Å²) in [5, 5.41) is 11.1. The molecule has 2 aromatic heterocycles. The van der Waals surface area contributed by atoms with Crippen molar-refractivity contribution >= 4 is 39.3 Å². The van der Waals surface area contributed by atoms with Gasteiger partial charge in [0.05, 0.1) is 5.69 Å². The molecule has 0 saturated heterocycles. The first-order valence-electron chi connectivity index (χ1n) is 9.32. The van der Waals surface area contributed by atoms with Crippen molar-refractivity contribution in [2.45, 2.75) is 12.5 Å². The lowest BCUT2D eigenvalue weighted by Gasteiger charge is -2.18. The van der Waals surface area contributed by atoms with E-state index >= 15 is 0 Å². The SMILES string of the molecule is CNC(=O)[C@H](Cc1c[nH]c2ccccc12)NC(=O)Nc1cccc2cnccc12. The Balaban J connectivity index is 1.53. The summed E-state index contributed by atoms with van der Waals surface area (Å²) >= 11 is 0. The monoisotopic (exact) mass is 387 g/mol. The van der Waals surface area contributed by atoms with Crippen LogP contribution in [0.1, 0.15) is 5.56 Å². The molecule has 2 heterocycles. The van der Waals surface area contributed by atoms with Gasteiger partial charge in [0, 0.05) is 53.7 Å². The molecule has 29 heavy (non-hydrogen) atoms. The quantitative estimate of drug-likeness (QED) is 0.423. The van der Waals surface area contributed by atoms with Crippen LogP contribution in [0.3, 0.4) is 0 Å². The second-order valence-electron chi connectivity index (χ2n) is 6.73. The van der Waals surface area contributed by atoms with Crippen molar-refractivity contribution in [3.8, 4) is 0 Å².